The van der Waals surface area contributed by atoms with E-state index in [0.29, 0.717) is 23.8 Å². The third kappa shape index (κ3) is 3.86. The van der Waals surface area contributed by atoms with Gasteiger partial charge in [0, 0.05) is 11.1 Å². The van der Waals surface area contributed by atoms with E-state index >= 15 is 0 Å². The van der Waals surface area contributed by atoms with E-state index in [-0.39, 0.29) is 5.91 Å². The number of rotatable bonds is 3. The minimum atomic E-state index is -0.185. The van der Waals surface area contributed by atoms with Crippen LogP contribution in [-0.2, 0) is 6.54 Å². The molecule has 2 aromatic heterocycles. The van der Waals surface area contributed by atoms with Gasteiger partial charge in [0.1, 0.15) is 5.69 Å². The van der Waals surface area contributed by atoms with Gasteiger partial charge < -0.3 is 16.0 Å². The highest BCUT2D eigenvalue weighted by atomic mass is 35.5. The van der Waals surface area contributed by atoms with Crippen molar-refractivity contribution in [3.05, 3.63) is 44.9 Å². The standard InChI is InChI=1S/C13H12ClN3OS/c14-9-6-12(16-7-9)13(18)17-8-11-4-3-10(19-11)2-1-5-15/h3-4,6-7,16H,5,8,15H2,(H,17,18). The van der Waals surface area contributed by atoms with Crippen LogP contribution in [-0.4, -0.2) is 17.4 Å². The van der Waals surface area contributed by atoms with E-state index in [9.17, 15) is 4.79 Å². The van der Waals surface area contributed by atoms with Crippen molar-refractivity contribution >= 4 is 28.8 Å². The Balaban J connectivity index is 1.92. The van der Waals surface area contributed by atoms with E-state index < -0.39 is 0 Å². The Morgan fingerprint density at radius 1 is 1.53 bits per heavy atom. The zero-order chi connectivity index (χ0) is 13.7. The largest absolute Gasteiger partial charge is 0.356 e. The van der Waals surface area contributed by atoms with Crippen LogP contribution in [0.5, 0.6) is 0 Å². The van der Waals surface area contributed by atoms with Crippen LogP contribution in [0, 0.1) is 11.8 Å². The molecule has 0 aliphatic rings. The van der Waals surface area contributed by atoms with Crippen LogP contribution >= 0.6 is 22.9 Å². The molecule has 0 radical (unpaired) electrons. The van der Waals surface area contributed by atoms with E-state index in [2.05, 4.69) is 22.1 Å². The molecule has 2 rings (SSSR count). The minimum Gasteiger partial charge on any atom is -0.356 e. The number of H-pyrrole nitrogens is 1. The summed E-state index contributed by atoms with van der Waals surface area (Å²) in [5.41, 5.74) is 5.76. The summed E-state index contributed by atoms with van der Waals surface area (Å²) >= 11 is 7.27. The molecule has 0 aromatic carbocycles. The molecule has 2 heterocycles. The number of aromatic amines is 1. The number of nitrogens with one attached hydrogen (secondary N) is 2. The van der Waals surface area contributed by atoms with E-state index in [4.69, 9.17) is 17.3 Å². The van der Waals surface area contributed by atoms with Crippen molar-refractivity contribution in [2.45, 2.75) is 6.54 Å². The van der Waals surface area contributed by atoms with Gasteiger partial charge >= 0.3 is 0 Å². The number of nitrogens with two attached hydrogens (primary N) is 1. The molecule has 4 N–H and O–H groups in total. The highest BCUT2D eigenvalue weighted by Gasteiger charge is 2.08. The summed E-state index contributed by atoms with van der Waals surface area (Å²) in [5, 5.41) is 3.32. The summed E-state index contributed by atoms with van der Waals surface area (Å²) in [5.74, 6) is 5.56. The molecule has 0 aliphatic carbocycles. The minimum absolute atomic E-state index is 0.185. The molecule has 6 heteroatoms. The average Bonchev–Trinajstić information content (AvgIpc) is 3.02. The first kappa shape index (κ1) is 13.7. The Morgan fingerprint density at radius 2 is 2.37 bits per heavy atom. The summed E-state index contributed by atoms with van der Waals surface area (Å²) in [6, 6.07) is 5.44. The molecular formula is C13H12ClN3OS. The fourth-order valence-corrected chi connectivity index (χ4v) is 2.43. The van der Waals surface area contributed by atoms with Gasteiger partial charge in [-0.15, -0.1) is 11.3 Å². The Morgan fingerprint density at radius 3 is 3.05 bits per heavy atom. The van der Waals surface area contributed by atoms with E-state index in [1.54, 1.807) is 12.3 Å². The predicted molar refractivity (Wildman–Crippen MR) is 77.2 cm³/mol. The maximum absolute atomic E-state index is 11.8. The van der Waals surface area contributed by atoms with Gasteiger partial charge in [-0.2, -0.15) is 0 Å². The van der Waals surface area contributed by atoms with Gasteiger partial charge in [0.05, 0.1) is 23.0 Å². The highest BCUT2D eigenvalue weighted by molar-refractivity contribution is 7.12. The molecule has 0 saturated heterocycles. The number of amides is 1. The maximum atomic E-state index is 11.8. The van der Waals surface area contributed by atoms with Gasteiger partial charge in [0.15, 0.2) is 0 Å². The fraction of sp³-hybridized carbons (Fsp3) is 0.154. The first-order valence-corrected chi connectivity index (χ1v) is 6.78. The number of carbonyl (C=O) groups excluding carboxylic acids is 1. The maximum Gasteiger partial charge on any atom is 0.268 e. The second kappa shape index (κ2) is 6.43. The van der Waals surface area contributed by atoms with Gasteiger partial charge in [-0.3, -0.25) is 4.79 Å². The molecule has 0 atom stereocenters. The van der Waals surface area contributed by atoms with E-state index in [1.165, 1.54) is 11.3 Å². The molecule has 4 nitrogen and oxygen atoms in total. The average molecular weight is 294 g/mol. The van der Waals surface area contributed by atoms with E-state index in [0.717, 1.165) is 9.75 Å². The van der Waals surface area contributed by atoms with Crippen molar-refractivity contribution in [2.75, 3.05) is 6.54 Å². The second-order valence-electron chi connectivity index (χ2n) is 3.69. The number of thiophene rings is 1. The van der Waals surface area contributed by atoms with Crippen LogP contribution < -0.4 is 11.1 Å². The zero-order valence-corrected chi connectivity index (χ0v) is 11.6. The van der Waals surface area contributed by atoms with Crippen molar-refractivity contribution < 1.29 is 4.79 Å². The van der Waals surface area contributed by atoms with Gasteiger partial charge in [-0.1, -0.05) is 23.4 Å². The number of aromatic nitrogens is 1. The summed E-state index contributed by atoms with van der Waals surface area (Å²) in [6.45, 7) is 0.808. The first-order chi connectivity index (χ1) is 9.19. The van der Waals surface area contributed by atoms with Crippen LogP contribution in [0.25, 0.3) is 0 Å². The molecule has 0 fully saturated rings. The van der Waals surface area contributed by atoms with Crippen molar-refractivity contribution in [1.29, 1.82) is 0 Å². The molecule has 0 spiro atoms. The normalized spacial score (nSPS) is 9.79. The fourth-order valence-electron chi connectivity index (χ4n) is 1.44. The zero-order valence-electron chi connectivity index (χ0n) is 10.00. The molecule has 19 heavy (non-hydrogen) atoms. The molecular weight excluding hydrogens is 282 g/mol. The predicted octanol–water partition coefficient (Wildman–Crippen LogP) is 1.97. The highest BCUT2D eigenvalue weighted by Crippen LogP contribution is 2.15. The molecule has 98 valence electrons. The van der Waals surface area contributed by atoms with Crippen molar-refractivity contribution in [2.24, 2.45) is 5.73 Å². The lowest BCUT2D eigenvalue weighted by molar-refractivity contribution is 0.0947. The second-order valence-corrected chi connectivity index (χ2v) is 5.29. The summed E-state index contributed by atoms with van der Waals surface area (Å²) in [7, 11) is 0. The smallest absolute Gasteiger partial charge is 0.268 e. The molecule has 2 aromatic rings. The Labute approximate surface area is 120 Å². The van der Waals surface area contributed by atoms with Crippen LogP contribution in [0.4, 0.5) is 0 Å². The molecule has 1 amide bonds. The van der Waals surface area contributed by atoms with Crippen LogP contribution in [0.15, 0.2) is 24.4 Å². The lowest BCUT2D eigenvalue weighted by Crippen LogP contribution is -2.22. The Hall–Kier alpha value is -1.74. The monoisotopic (exact) mass is 293 g/mol. The number of hydrogen-bond acceptors (Lipinski definition) is 3. The first-order valence-electron chi connectivity index (χ1n) is 5.59. The third-order valence-corrected chi connectivity index (χ3v) is 3.51. The van der Waals surface area contributed by atoms with Crippen LogP contribution in [0.3, 0.4) is 0 Å². The lowest BCUT2D eigenvalue weighted by Gasteiger charge is -2.00. The quantitative estimate of drug-likeness (QED) is 0.757. The molecule has 0 aliphatic heterocycles. The third-order valence-electron chi connectivity index (χ3n) is 2.29. The Bertz CT molecular complexity index is 636. The number of halogens is 1. The van der Waals surface area contributed by atoms with Crippen LogP contribution in [0.2, 0.25) is 5.02 Å². The van der Waals surface area contributed by atoms with Gasteiger partial charge in [0.2, 0.25) is 0 Å². The van der Waals surface area contributed by atoms with Gasteiger partial charge in [-0.05, 0) is 18.2 Å². The molecule has 0 bridgehead atoms. The van der Waals surface area contributed by atoms with Crippen molar-refractivity contribution in [3.63, 3.8) is 0 Å². The van der Waals surface area contributed by atoms with Crippen LogP contribution in [0.1, 0.15) is 20.2 Å². The van der Waals surface area contributed by atoms with Gasteiger partial charge in [0.25, 0.3) is 5.91 Å². The molecule has 0 saturated carbocycles. The SMILES string of the molecule is NCC#Cc1ccc(CNC(=O)c2cc(Cl)c[nH]2)s1. The number of hydrogen-bond donors (Lipinski definition) is 3. The molecule has 0 unspecified atom stereocenters. The summed E-state index contributed by atoms with van der Waals surface area (Å²) in [4.78, 5) is 16.5. The number of carbonyl (C=O) groups is 1. The Kier molecular flexibility index (Phi) is 4.63. The van der Waals surface area contributed by atoms with Gasteiger partial charge in [-0.25, -0.2) is 0 Å². The lowest BCUT2D eigenvalue weighted by atomic mass is 10.4. The topological polar surface area (TPSA) is 70.9 Å². The van der Waals surface area contributed by atoms with E-state index in [1.807, 2.05) is 12.1 Å². The summed E-state index contributed by atoms with van der Waals surface area (Å²) in [6.07, 6.45) is 1.57. The van der Waals surface area contributed by atoms with Crippen molar-refractivity contribution in [3.8, 4) is 11.8 Å². The van der Waals surface area contributed by atoms with Crippen molar-refractivity contribution in [1.82, 2.24) is 10.3 Å². The summed E-state index contributed by atoms with van der Waals surface area (Å²) < 4.78 is 0.